The van der Waals surface area contributed by atoms with Crippen molar-refractivity contribution in [1.82, 2.24) is 14.8 Å². The number of aryl methyl sites for hydroxylation is 2. The molecule has 0 fully saturated rings. The summed E-state index contributed by atoms with van der Waals surface area (Å²) in [6.45, 7) is 2.79. The summed E-state index contributed by atoms with van der Waals surface area (Å²) in [5.74, 6) is 2.26. The predicted molar refractivity (Wildman–Crippen MR) is 70.8 cm³/mol. The van der Waals surface area contributed by atoms with Gasteiger partial charge in [0.25, 0.3) is 0 Å². The zero-order valence-corrected chi connectivity index (χ0v) is 10.9. The molecule has 1 aromatic carbocycles. The topological polar surface area (TPSA) is 71.2 Å². The number of fused-ring (bicyclic) bond motifs is 1. The summed E-state index contributed by atoms with van der Waals surface area (Å²) in [7, 11) is 0. The van der Waals surface area contributed by atoms with Gasteiger partial charge in [-0.2, -0.15) is 0 Å². The molecule has 0 bridgehead atoms. The summed E-state index contributed by atoms with van der Waals surface area (Å²) in [5.41, 5.74) is 1.70. The van der Waals surface area contributed by atoms with Crippen molar-refractivity contribution in [3.8, 4) is 17.1 Å². The molecular weight excluding hydrogens is 242 g/mol. The minimum absolute atomic E-state index is 0.191. The number of phenols is 1. The van der Waals surface area contributed by atoms with Crippen LogP contribution in [-0.2, 0) is 13.0 Å². The molecule has 5 heteroatoms. The van der Waals surface area contributed by atoms with E-state index in [4.69, 9.17) is 0 Å². The maximum absolute atomic E-state index is 9.80. The van der Waals surface area contributed by atoms with Crippen molar-refractivity contribution in [1.29, 1.82) is 0 Å². The fourth-order valence-corrected chi connectivity index (χ4v) is 2.51. The highest BCUT2D eigenvalue weighted by Crippen LogP contribution is 2.28. The summed E-state index contributed by atoms with van der Waals surface area (Å²) in [5, 5.41) is 27.5. The highest BCUT2D eigenvalue weighted by Gasteiger charge is 2.23. The van der Waals surface area contributed by atoms with Crippen LogP contribution in [-0.4, -0.2) is 31.6 Å². The maximum atomic E-state index is 9.80. The Bertz CT molecular complexity index is 607. The summed E-state index contributed by atoms with van der Waals surface area (Å²) >= 11 is 0. The molecule has 0 saturated heterocycles. The summed E-state index contributed by atoms with van der Waals surface area (Å²) in [6, 6.07) is 5.53. The van der Waals surface area contributed by atoms with Crippen LogP contribution >= 0.6 is 0 Å². The van der Waals surface area contributed by atoms with Crippen LogP contribution in [0.1, 0.15) is 17.8 Å². The first-order valence-electron chi connectivity index (χ1n) is 6.52. The number of aromatic hydroxyl groups is 1. The van der Waals surface area contributed by atoms with E-state index in [9.17, 15) is 10.2 Å². The number of aliphatic hydroxyl groups is 1. The Labute approximate surface area is 111 Å². The average Bonchev–Trinajstić information content (AvgIpc) is 2.84. The average molecular weight is 259 g/mol. The zero-order valence-electron chi connectivity index (χ0n) is 10.9. The van der Waals surface area contributed by atoms with Gasteiger partial charge >= 0.3 is 0 Å². The quantitative estimate of drug-likeness (QED) is 0.857. The maximum Gasteiger partial charge on any atom is 0.164 e. The van der Waals surface area contributed by atoms with E-state index < -0.39 is 0 Å². The summed E-state index contributed by atoms with van der Waals surface area (Å²) < 4.78 is 2.05. The van der Waals surface area contributed by atoms with Gasteiger partial charge in [0.05, 0.1) is 0 Å². The zero-order chi connectivity index (χ0) is 13.4. The van der Waals surface area contributed by atoms with E-state index in [-0.39, 0.29) is 18.3 Å². The van der Waals surface area contributed by atoms with Crippen LogP contribution in [0.4, 0.5) is 0 Å². The molecular formula is C14H17N3O2. The van der Waals surface area contributed by atoms with E-state index in [0.717, 1.165) is 42.2 Å². The first-order chi connectivity index (χ1) is 9.19. The third-order valence-corrected chi connectivity index (χ3v) is 3.77. The summed E-state index contributed by atoms with van der Waals surface area (Å²) in [6.07, 6.45) is 1.80. The molecule has 2 aromatic rings. The second-order valence-electron chi connectivity index (χ2n) is 5.14. The highest BCUT2D eigenvalue weighted by atomic mass is 16.3. The monoisotopic (exact) mass is 259 g/mol. The number of hydrogen-bond donors (Lipinski definition) is 2. The lowest BCUT2D eigenvalue weighted by Crippen LogP contribution is -2.23. The number of aromatic nitrogens is 3. The molecule has 0 amide bonds. The van der Waals surface area contributed by atoms with E-state index in [2.05, 4.69) is 14.8 Å². The summed E-state index contributed by atoms with van der Waals surface area (Å²) in [4.78, 5) is 0. The van der Waals surface area contributed by atoms with Gasteiger partial charge in [-0.05, 0) is 25.0 Å². The molecule has 3 rings (SSSR count). The standard InChI is InChI=1S/C14H17N3O2/c1-9-2-4-11(6-12(9)19)14-16-15-13-5-3-10(8-18)7-17(13)14/h2,4,6,10,18-19H,3,5,7-8H2,1H3. The van der Waals surface area contributed by atoms with Crippen molar-refractivity contribution in [3.05, 3.63) is 29.6 Å². The molecule has 0 radical (unpaired) electrons. The normalized spacial score (nSPS) is 18.3. The molecule has 1 unspecified atom stereocenters. The predicted octanol–water partition coefficient (Wildman–Crippen LogP) is 1.51. The van der Waals surface area contributed by atoms with Crippen molar-refractivity contribution < 1.29 is 10.2 Å². The van der Waals surface area contributed by atoms with Gasteiger partial charge in [-0.25, -0.2) is 0 Å². The van der Waals surface area contributed by atoms with Crippen LogP contribution in [0.3, 0.4) is 0 Å². The van der Waals surface area contributed by atoms with Crippen molar-refractivity contribution >= 4 is 0 Å². The van der Waals surface area contributed by atoms with Gasteiger partial charge in [0.15, 0.2) is 5.82 Å². The SMILES string of the molecule is Cc1ccc(-c2nnc3n2CC(CO)CC3)cc1O. The van der Waals surface area contributed by atoms with E-state index in [0.29, 0.717) is 0 Å². The van der Waals surface area contributed by atoms with Gasteiger partial charge < -0.3 is 14.8 Å². The van der Waals surface area contributed by atoms with E-state index in [1.807, 2.05) is 19.1 Å². The number of nitrogens with zero attached hydrogens (tertiary/aromatic N) is 3. The smallest absolute Gasteiger partial charge is 0.164 e. The Morgan fingerprint density at radius 2 is 2.21 bits per heavy atom. The van der Waals surface area contributed by atoms with Gasteiger partial charge in [-0.3, -0.25) is 0 Å². The molecule has 2 heterocycles. The Morgan fingerprint density at radius 1 is 1.37 bits per heavy atom. The fourth-order valence-electron chi connectivity index (χ4n) is 2.51. The number of aliphatic hydroxyl groups excluding tert-OH is 1. The van der Waals surface area contributed by atoms with Gasteiger partial charge in [-0.1, -0.05) is 12.1 Å². The Morgan fingerprint density at radius 3 is 2.95 bits per heavy atom. The van der Waals surface area contributed by atoms with E-state index in [1.165, 1.54) is 0 Å². The molecule has 1 aromatic heterocycles. The highest BCUT2D eigenvalue weighted by molar-refractivity contribution is 5.59. The first-order valence-corrected chi connectivity index (χ1v) is 6.52. The van der Waals surface area contributed by atoms with E-state index in [1.54, 1.807) is 6.07 Å². The third-order valence-electron chi connectivity index (χ3n) is 3.77. The number of phenolic OH excluding ortho intramolecular Hbond substituents is 1. The molecule has 1 aliphatic heterocycles. The number of hydrogen-bond acceptors (Lipinski definition) is 4. The number of rotatable bonds is 2. The largest absolute Gasteiger partial charge is 0.508 e. The van der Waals surface area contributed by atoms with Crippen molar-refractivity contribution in [2.45, 2.75) is 26.3 Å². The van der Waals surface area contributed by atoms with Gasteiger partial charge in [0.1, 0.15) is 11.6 Å². The molecule has 19 heavy (non-hydrogen) atoms. The molecule has 0 aliphatic carbocycles. The van der Waals surface area contributed by atoms with Crippen LogP contribution < -0.4 is 0 Å². The molecule has 0 saturated carbocycles. The lowest BCUT2D eigenvalue weighted by molar-refractivity contribution is 0.191. The molecule has 5 nitrogen and oxygen atoms in total. The molecule has 1 aliphatic rings. The Hall–Kier alpha value is -1.88. The Kier molecular flexibility index (Phi) is 2.98. The Balaban J connectivity index is 2.02. The minimum atomic E-state index is 0.191. The van der Waals surface area contributed by atoms with Crippen LogP contribution in [0, 0.1) is 12.8 Å². The van der Waals surface area contributed by atoms with Gasteiger partial charge in [-0.15, -0.1) is 10.2 Å². The second-order valence-corrected chi connectivity index (χ2v) is 5.14. The van der Waals surface area contributed by atoms with Gasteiger partial charge in [0.2, 0.25) is 0 Å². The van der Waals surface area contributed by atoms with Crippen LogP contribution in [0.5, 0.6) is 5.75 Å². The lowest BCUT2D eigenvalue weighted by atomic mass is 10.00. The third kappa shape index (κ3) is 2.10. The minimum Gasteiger partial charge on any atom is -0.508 e. The van der Waals surface area contributed by atoms with Crippen LogP contribution in [0.25, 0.3) is 11.4 Å². The molecule has 1 atom stereocenters. The second kappa shape index (κ2) is 4.66. The molecule has 2 N–H and O–H groups in total. The fraction of sp³-hybridized carbons (Fsp3) is 0.429. The van der Waals surface area contributed by atoms with Crippen molar-refractivity contribution in [2.75, 3.05) is 6.61 Å². The van der Waals surface area contributed by atoms with E-state index >= 15 is 0 Å². The van der Waals surface area contributed by atoms with Crippen LogP contribution in [0.15, 0.2) is 18.2 Å². The molecule has 100 valence electrons. The number of benzene rings is 1. The van der Waals surface area contributed by atoms with Crippen molar-refractivity contribution in [2.24, 2.45) is 5.92 Å². The van der Waals surface area contributed by atoms with Gasteiger partial charge in [0, 0.05) is 31.1 Å². The molecule has 0 spiro atoms. The van der Waals surface area contributed by atoms with Crippen LogP contribution in [0.2, 0.25) is 0 Å². The van der Waals surface area contributed by atoms with Crippen molar-refractivity contribution in [3.63, 3.8) is 0 Å². The first kappa shape index (κ1) is 12.2. The lowest BCUT2D eigenvalue weighted by Gasteiger charge is -2.22.